The molecule has 248 valence electrons. The van der Waals surface area contributed by atoms with E-state index < -0.39 is 24.1 Å². The quantitative estimate of drug-likeness (QED) is 0.0951. The van der Waals surface area contributed by atoms with Gasteiger partial charge in [-0.05, 0) is 52.8 Å². The molecule has 0 radical (unpaired) electrons. The molecule has 0 bridgehead atoms. The molecule has 9 heteroatoms. The minimum atomic E-state index is -1.70. The molecule has 9 nitrogen and oxygen atoms in total. The topological polar surface area (TPSA) is 134 Å². The summed E-state index contributed by atoms with van der Waals surface area (Å²) in [5.74, 6) is 0.491. The van der Waals surface area contributed by atoms with Crippen LogP contribution >= 0.6 is 0 Å². The third-order valence-corrected chi connectivity index (χ3v) is 7.85. The fraction of sp³-hybridized carbons (Fsp3) is 0.368. The number of carbonyl (C=O) groups excluding carboxylic acids is 2. The molecule has 0 aliphatic rings. The second-order valence-electron chi connectivity index (χ2n) is 12.7. The molecule has 0 aliphatic heterocycles. The predicted octanol–water partition coefficient (Wildman–Crippen LogP) is 5.84. The Morgan fingerprint density at radius 2 is 1.45 bits per heavy atom. The van der Waals surface area contributed by atoms with Crippen LogP contribution in [-0.2, 0) is 16.6 Å². The number of ether oxygens (including phenoxy) is 1. The largest absolute Gasteiger partial charge is 0.494 e. The van der Waals surface area contributed by atoms with E-state index in [-0.39, 0.29) is 18.4 Å². The highest BCUT2D eigenvalue weighted by Gasteiger charge is 2.23. The van der Waals surface area contributed by atoms with Gasteiger partial charge in [0.1, 0.15) is 11.8 Å². The van der Waals surface area contributed by atoms with Crippen LogP contribution < -0.4 is 15.4 Å². The first-order valence-electron chi connectivity index (χ1n) is 16.2. The molecule has 1 aromatic heterocycles. The fourth-order valence-corrected chi connectivity index (χ4v) is 5.00. The van der Waals surface area contributed by atoms with Crippen molar-refractivity contribution in [1.29, 1.82) is 0 Å². The minimum absolute atomic E-state index is 0.0588. The maximum absolute atomic E-state index is 13.1. The molecule has 3 aromatic carbocycles. The molecular formula is C38H46N4O5. The van der Waals surface area contributed by atoms with Crippen molar-refractivity contribution in [3.05, 3.63) is 102 Å². The number of rotatable bonds is 15. The van der Waals surface area contributed by atoms with Gasteiger partial charge < -0.3 is 25.6 Å². The highest BCUT2D eigenvalue weighted by atomic mass is 16.5. The van der Waals surface area contributed by atoms with E-state index in [4.69, 9.17) is 4.74 Å². The zero-order valence-corrected chi connectivity index (χ0v) is 27.7. The van der Waals surface area contributed by atoms with E-state index in [0.29, 0.717) is 11.4 Å². The number of carbonyl (C=O) groups is 2. The SMILES string of the molecule is CCCCCCOc1ccc(-c2cnc(-c3ccc(CC(NC(=O)c4ccc(C(C)(C)C)cc4)C(=O)NCC(O)O)cc3)nc2)cc1. The van der Waals surface area contributed by atoms with E-state index in [2.05, 4.69) is 48.3 Å². The average molecular weight is 639 g/mol. The van der Waals surface area contributed by atoms with Crippen molar-refractivity contribution in [3.63, 3.8) is 0 Å². The summed E-state index contributed by atoms with van der Waals surface area (Å²) in [5, 5.41) is 23.8. The van der Waals surface area contributed by atoms with Crippen molar-refractivity contribution < 1.29 is 24.5 Å². The van der Waals surface area contributed by atoms with Crippen molar-refractivity contribution in [2.45, 2.75) is 77.5 Å². The normalized spacial score (nSPS) is 12.1. The lowest BCUT2D eigenvalue weighted by Gasteiger charge is -2.21. The van der Waals surface area contributed by atoms with Gasteiger partial charge in [-0.2, -0.15) is 0 Å². The van der Waals surface area contributed by atoms with Crippen molar-refractivity contribution in [2.24, 2.45) is 0 Å². The molecule has 4 aromatic rings. The van der Waals surface area contributed by atoms with Crippen LogP contribution in [0.2, 0.25) is 0 Å². The average Bonchev–Trinajstić information content (AvgIpc) is 3.07. The second kappa shape index (κ2) is 16.8. The Hall–Kier alpha value is -4.60. The number of aliphatic hydroxyl groups excluding tert-OH is 1. The van der Waals surface area contributed by atoms with Crippen LogP contribution in [-0.4, -0.2) is 57.5 Å². The van der Waals surface area contributed by atoms with Gasteiger partial charge in [-0.3, -0.25) is 9.59 Å². The van der Waals surface area contributed by atoms with Crippen LogP contribution in [0.3, 0.4) is 0 Å². The smallest absolute Gasteiger partial charge is 0.251 e. The number of hydrogen-bond acceptors (Lipinski definition) is 7. The fourth-order valence-electron chi connectivity index (χ4n) is 5.00. The summed E-state index contributed by atoms with van der Waals surface area (Å²) < 4.78 is 5.85. The first-order valence-corrected chi connectivity index (χ1v) is 16.2. The third kappa shape index (κ3) is 10.7. The second-order valence-corrected chi connectivity index (χ2v) is 12.7. The number of nitrogens with one attached hydrogen (secondary N) is 2. The first-order chi connectivity index (χ1) is 22.5. The van der Waals surface area contributed by atoms with Crippen LogP contribution in [0.25, 0.3) is 22.5 Å². The maximum atomic E-state index is 13.1. The van der Waals surface area contributed by atoms with Gasteiger partial charge in [0.15, 0.2) is 12.1 Å². The van der Waals surface area contributed by atoms with Crippen molar-refractivity contribution >= 4 is 11.8 Å². The molecule has 0 saturated heterocycles. The molecule has 0 aliphatic carbocycles. The molecule has 47 heavy (non-hydrogen) atoms. The lowest BCUT2D eigenvalue weighted by atomic mass is 9.86. The molecule has 0 spiro atoms. The van der Waals surface area contributed by atoms with E-state index in [0.717, 1.165) is 46.6 Å². The van der Waals surface area contributed by atoms with Gasteiger partial charge in [0.25, 0.3) is 5.91 Å². The Kier molecular flexibility index (Phi) is 12.6. The van der Waals surface area contributed by atoms with Gasteiger partial charge in [0.2, 0.25) is 5.91 Å². The minimum Gasteiger partial charge on any atom is -0.494 e. The number of aromatic nitrogens is 2. The Balaban J connectivity index is 1.40. The number of nitrogens with zero attached hydrogens (tertiary/aromatic N) is 2. The molecule has 1 unspecified atom stereocenters. The molecule has 2 amide bonds. The summed E-state index contributed by atoms with van der Waals surface area (Å²) in [7, 11) is 0. The summed E-state index contributed by atoms with van der Waals surface area (Å²) in [6, 6.07) is 21.7. The van der Waals surface area contributed by atoms with E-state index in [9.17, 15) is 19.8 Å². The lowest BCUT2D eigenvalue weighted by Crippen LogP contribution is -2.49. The Bertz CT molecular complexity index is 1560. The summed E-state index contributed by atoms with van der Waals surface area (Å²) in [5.41, 5.74) is 4.95. The summed E-state index contributed by atoms with van der Waals surface area (Å²) in [4.78, 5) is 35.2. The van der Waals surface area contributed by atoms with Crippen molar-refractivity contribution in [3.8, 4) is 28.3 Å². The lowest BCUT2D eigenvalue weighted by molar-refractivity contribution is -0.125. The molecule has 0 fully saturated rings. The van der Waals surface area contributed by atoms with Crippen LogP contribution in [0.4, 0.5) is 0 Å². The number of aliphatic hydroxyl groups is 2. The van der Waals surface area contributed by atoms with E-state index in [1.165, 1.54) is 19.3 Å². The standard InChI is InChI=1S/C38H46N4O5/c1-5-6-7-8-21-47-32-19-15-27(16-20-32)30-23-39-35(40-24-30)28-11-9-26(10-12-28)22-33(37(46)41-25-34(43)44)42-36(45)29-13-17-31(18-14-29)38(2,3)4/h9-20,23-24,33-34,43-44H,5-8,21-22,25H2,1-4H3,(H,41,46)(H,42,45). The first kappa shape index (κ1) is 35.3. The van der Waals surface area contributed by atoms with Gasteiger partial charge in [-0.15, -0.1) is 0 Å². The van der Waals surface area contributed by atoms with E-state index in [1.54, 1.807) is 24.5 Å². The highest BCUT2D eigenvalue weighted by molar-refractivity contribution is 5.97. The monoisotopic (exact) mass is 638 g/mol. The number of benzene rings is 3. The summed E-state index contributed by atoms with van der Waals surface area (Å²) in [6.07, 6.45) is 6.74. The van der Waals surface area contributed by atoms with E-state index in [1.807, 2.05) is 60.7 Å². The molecule has 1 heterocycles. The summed E-state index contributed by atoms with van der Waals surface area (Å²) >= 11 is 0. The number of amides is 2. The maximum Gasteiger partial charge on any atom is 0.251 e. The highest BCUT2D eigenvalue weighted by Crippen LogP contribution is 2.24. The molecule has 4 rings (SSSR count). The Labute approximate surface area is 277 Å². The van der Waals surface area contributed by atoms with Crippen LogP contribution in [0, 0.1) is 0 Å². The van der Waals surface area contributed by atoms with Gasteiger partial charge in [0.05, 0.1) is 13.2 Å². The molecule has 0 saturated carbocycles. The van der Waals surface area contributed by atoms with Gasteiger partial charge >= 0.3 is 0 Å². The van der Waals surface area contributed by atoms with Gasteiger partial charge in [-0.25, -0.2) is 9.97 Å². The third-order valence-electron chi connectivity index (χ3n) is 7.85. The van der Waals surface area contributed by atoms with Crippen molar-refractivity contribution in [2.75, 3.05) is 13.2 Å². The number of unbranched alkanes of at least 4 members (excludes halogenated alkanes) is 3. The summed E-state index contributed by atoms with van der Waals surface area (Å²) in [6.45, 7) is 8.85. The molecular weight excluding hydrogens is 592 g/mol. The van der Waals surface area contributed by atoms with Crippen LogP contribution in [0.1, 0.15) is 74.9 Å². The van der Waals surface area contributed by atoms with Gasteiger partial charge in [-0.1, -0.05) is 95.5 Å². The van der Waals surface area contributed by atoms with Crippen LogP contribution in [0.5, 0.6) is 5.75 Å². The van der Waals surface area contributed by atoms with Crippen molar-refractivity contribution in [1.82, 2.24) is 20.6 Å². The zero-order valence-electron chi connectivity index (χ0n) is 27.7. The van der Waals surface area contributed by atoms with E-state index >= 15 is 0 Å². The predicted molar refractivity (Wildman–Crippen MR) is 184 cm³/mol. The molecule has 1 atom stereocenters. The van der Waals surface area contributed by atoms with Crippen LogP contribution in [0.15, 0.2) is 85.2 Å². The van der Waals surface area contributed by atoms with Gasteiger partial charge in [0, 0.05) is 35.5 Å². The Morgan fingerprint density at radius 1 is 0.809 bits per heavy atom. The Morgan fingerprint density at radius 3 is 2.04 bits per heavy atom. The number of hydrogen-bond donors (Lipinski definition) is 4. The zero-order chi connectivity index (χ0) is 33.8. The molecule has 4 N–H and O–H groups in total.